The number of halogens is 3. The van der Waals surface area contributed by atoms with E-state index in [1.807, 2.05) is 6.07 Å². The SMILES string of the molecule is CNC(=O)C1NC(CC(C)(C)C)C2(C(=O)Nc3cc(Cl)c(F)cc32)C1c1cccc(Cl)c1. The fraction of sp³-hybridized carbons (Fsp3) is 0.417. The van der Waals surface area contributed by atoms with Crippen molar-refractivity contribution in [3.63, 3.8) is 0 Å². The minimum atomic E-state index is -1.23. The number of fused-ring (bicyclic) bond motifs is 2. The lowest BCUT2D eigenvalue weighted by Crippen LogP contribution is -2.49. The number of amides is 2. The zero-order valence-corrected chi connectivity index (χ0v) is 19.9. The van der Waals surface area contributed by atoms with Crippen molar-refractivity contribution in [1.82, 2.24) is 10.6 Å². The molecule has 32 heavy (non-hydrogen) atoms. The molecule has 2 heterocycles. The summed E-state index contributed by atoms with van der Waals surface area (Å²) in [6.45, 7) is 6.21. The van der Waals surface area contributed by atoms with Crippen molar-refractivity contribution in [1.29, 1.82) is 0 Å². The summed E-state index contributed by atoms with van der Waals surface area (Å²) in [4.78, 5) is 26.9. The molecule has 8 heteroatoms. The molecule has 2 aliphatic heterocycles. The second-order valence-corrected chi connectivity index (χ2v) is 10.6. The molecule has 1 spiro atoms. The van der Waals surface area contributed by atoms with Crippen molar-refractivity contribution < 1.29 is 14.0 Å². The number of likely N-dealkylation sites (N-methyl/N-ethyl adjacent to an activating group) is 1. The van der Waals surface area contributed by atoms with Crippen LogP contribution in [0.1, 0.15) is 44.2 Å². The van der Waals surface area contributed by atoms with Crippen LogP contribution in [0.3, 0.4) is 0 Å². The van der Waals surface area contributed by atoms with E-state index in [0.717, 1.165) is 5.56 Å². The Balaban J connectivity index is 2.03. The Bertz CT molecular complexity index is 1100. The normalized spacial score (nSPS) is 26.8. The highest BCUT2D eigenvalue weighted by Gasteiger charge is 2.65. The van der Waals surface area contributed by atoms with Crippen molar-refractivity contribution in [3.05, 3.63) is 63.4 Å². The number of benzene rings is 2. The molecule has 4 atom stereocenters. The first-order chi connectivity index (χ1) is 15.0. The summed E-state index contributed by atoms with van der Waals surface area (Å²) in [7, 11) is 1.56. The van der Waals surface area contributed by atoms with Crippen molar-refractivity contribution in [2.75, 3.05) is 12.4 Å². The third-order valence-corrected chi connectivity index (χ3v) is 6.96. The summed E-state index contributed by atoms with van der Waals surface area (Å²) in [6.07, 6.45) is 0.578. The molecule has 2 aromatic rings. The number of hydrogen-bond acceptors (Lipinski definition) is 3. The Hall–Kier alpha value is -2.15. The first kappa shape index (κ1) is 23.0. The summed E-state index contributed by atoms with van der Waals surface area (Å²) >= 11 is 12.3. The Labute approximate surface area is 197 Å². The van der Waals surface area contributed by atoms with Crippen molar-refractivity contribution in [3.8, 4) is 0 Å². The maximum Gasteiger partial charge on any atom is 0.237 e. The van der Waals surface area contributed by atoms with Gasteiger partial charge in [-0.1, -0.05) is 56.1 Å². The molecule has 4 unspecified atom stereocenters. The molecule has 2 amide bonds. The van der Waals surface area contributed by atoms with E-state index in [0.29, 0.717) is 22.7 Å². The zero-order valence-electron chi connectivity index (χ0n) is 18.4. The van der Waals surface area contributed by atoms with Gasteiger partial charge >= 0.3 is 0 Å². The van der Waals surface area contributed by atoms with Gasteiger partial charge in [0.25, 0.3) is 0 Å². The zero-order chi connectivity index (χ0) is 23.4. The standard InChI is InChI=1S/C24H26Cl2FN3O2/c1-23(2,3)11-18-24(14-9-16(27)15(26)10-17(14)29-22(24)32)19(20(30-18)21(31)28-4)12-6-5-7-13(25)8-12/h5-10,18-20,30H,11H2,1-4H3,(H,28,31)(H,29,32). The monoisotopic (exact) mass is 477 g/mol. The van der Waals surface area contributed by atoms with Gasteiger partial charge in [-0.25, -0.2) is 4.39 Å². The van der Waals surface area contributed by atoms with Crippen LogP contribution >= 0.6 is 23.2 Å². The van der Waals surface area contributed by atoms with Gasteiger partial charge in [0.05, 0.1) is 11.1 Å². The molecule has 170 valence electrons. The van der Waals surface area contributed by atoms with Crippen LogP contribution in [-0.2, 0) is 15.0 Å². The lowest BCUT2D eigenvalue weighted by molar-refractivity contribution is -0.123. The Morgan fingerprint density at radius 2 is 1.94 bits per heavy atom. The highest BCUT2D eigenvalue weighted by Crippen LogP contribution is 2.57. The van der Waals surface area contributed by atoms with Gasteiger partial charge in [-0.3, -0.25) is 9.59 Å². The third kappa shape index (κ3) is 3.58. The molecular weight excluding hydrogens is 452 g/mol. The lowest BCUT2D eigenvalue weighted by atomic mass is 9.62. The predicted octanol–water partition coefficient (Wildman–Crippen LogP) is 4.63. The molecule has 0 aliphatic carbocycles. The van der Waals surface area contributed by atoms with Crippen LogP contribution in [0.2, 0.25) is 10.0 Å². The summed E-state index contributed by atoms with van der Waals surface area (Å²) in [5, 5.41) is 9.48. The van der Waals surface area contributed by atoms with Crippen molar-refractivity contribution >= 4 is 40.7 Å². The quantitative estimate of drug-likeness (QED) is 0.603. The van der Waals surface area contributed by atoms with Gasteiger partial charge in [-0.2, -0.15) is 0 Å². The Morgan fingerprint density at radius 1 is 1.22 bits per heavy atom. The Kier molecular flexibility index (Phi) is 5.76. The Morgan fingerprint density at radius 3 is 2.56 bits per heavy atom. The number of anilines is 1. The molecule has 4 rings (SSSR count). The summed E-state index contributed by atoms with van der Waals surface area (Å²) < 4.78 is 14.7. The predicted molar refractivity (Wildman–Crippen MR) is 125 cm³/mol. The van der Waals surface area contributed by atoms with Gasteiger partial charge in [0.15, 0.2) is 0 Å². The van der Waals surface area contributed by atoms with Gasteiger partial charge in [-0.15, -0.1) is 0 Å². The third-order valence-electron chi connectivity index (χ3n) is 6.44. The second-order valence-electron chi connectivity index (χ2n) is 9.74. The van der Waals surface area contributed by atoms with Crippen LogP contribution in [0.15, 0.2) is 36.4 Å². The average Bonchev–Trinajstić information content (AvgIpc) is 3.17. The fourth-order valence-corrected chi connectivity index (χ4v) is 5.65. The molecule has 1 fully saturated rings. The summed E-state index contributed by atoms with van der Waals surface area (Å²) in [5.41, 5.74) is 0.299. The van der Waals surface area contributed by atoms with E-state index in [2.05, 4.69) is 36.7 Å². The van der Waals surface area contributed by atoms with Crippen LogP contribution in [0.5, 0.6) is 0 Å². The molecule has 2 aromatic carbocycles. The van der Waals surface area contributed by atoms with E-state index in [4.69, 9.17) is 23.2 Å². The number of rotatable bonds is 3. The summed E-state index contributed by atoms with van der Waals surface area (Å²) in [6, 6.07) is 8.77. The van der Waals surface area contributed by atoms with Gasteiger partial charge in [0.2, 0.25) is 11.8 Å². The van der Waals surface area contributed by atoms with Crippen molar-refractivity contribution in [2.24, 2.45) is 5.41 Å². The van der Waals surface area contributed by atoms with E-state index in [1.54, 1.807) is 25.2 Å². The van der Waals surface area contributed by atoms with E-state index in [1.165, 1.54) is 12.1 Å². The first-order valence-corrected chi connectivity index (χ1v) is 11.3. The lowest BCUT2D eigenvalue weighted by Gasteiger charge is -2.37. The highest BCUT2D eigenvalue weighted by atomic mass is 35.5. The molecule has 2 aliphatic rings. The highest BCUT2D eigenvalue weighted by molar-refractivity contribution is 6.31. The van der Waals surface area contributed by atoms with Crippen molar-refractivity contribution in [2.45, 2.75) is 50.6 Å². The molecule has 0 bridgehead atoms. The molecule has 0 aromatic heterocycles. The number of carbonyl (C=O) groups excluding carboxylic acids is 2. The molecule has 3 N–H and O–H groups in total. The van der Waals surface area contributed by atoms with E-state index in [-0.39, 0.29) is 22.3 Å². The van der Waals surface area contributed by atoms with Gasteiger partial charge in [0.1, 0.15) is 11.2 Å². The fourth-order valence-electron chi connectivity index (χ4n) is 5.29. The minimum absolute atomic E-state index is 0.0680. The van der Waals surface area contributed by atoms with Crippen LogP contribution < -0.4 is 16.0 Å². The number of nitrogens with one attached hydrogen (secondary N) is 3. The average molecular weight is 478 g/mol. The van der Waals surface area contributed by atoms with Crippen LogP contribution in [0.25, 0.3) is 0 Å². The van der Waals surface area contributed by atoms with E-state index >= 15 is 0 Å². The number of carbonyl (C=O) groups is 2. The first-order valence-electron chi connectivity index (χ1n) is 10.5. The smallest absolute Gasteiger partial charge is 0.237 e. The minimum Gasteiger partial charge on any atom is -0.358 e. The van der Waals surface area contributed by atoms with Gasteiger partial charge < -0.3 is 16.0 Å². The van der Waals surface area contributed by atoms with Crippen LogP contribution in [-0.4, -0.2) is 30.9 Å². The summed E-state index contributed by atoms with van der Waals surface area (Å²) in [5.74, 6) is -1.76. The van der Waals surface area contributed by atoms with E-state index < -0.39 is 29.2 Å². The van der Waals surface area contributed by atoms with Crippen LogP contribution in [0, 0.1) is 11.2 Å². The molecule has 1 saturated heterocycles. The second kappa shape index (κ2) is 8.01. The largest absolute Gasteiger partial charge is 0.358 e. The van der Waals surface area contributed by atoms with Gasteiger partial charge in [-0.05, 0) is 47.2 Å². The molecule has 0 radical (unpaired) electrons. The van der Waals surface area contributed by atoms with E-state index in [9.17, 15) is 14.0 Å². The maximum absolute atomic E-state index is 14.7. The topological polar surface area (TPSA) is 70.2 Å². The van der Waals surface area contributed by atoms with Crippen LogP contribution in [0.4, 0.5) is 10.1 Å². The maximum atomic E-state index is 14.7. The molecule has 5 nitrogen and oxygen atoms in total. The molecule has 0 saturated carbocycles. The van der Waals surface area contributed by atoms with Gasteiger partial charge in [0, 0.05) is 29.7 Å². The number of hydrogen-bond donors (Lipinski definition) is 3. The molecular formula is C24H26Cl2FN3O2.